The molecule has 6 N–H and O–H groups in total. The molecule has 3 heterocycles. The van der Waals surface area contributed by atoms with Crippen LogP contribution in [0, 0.1) is 0 Å². The first kappa shape index (κ1) is 17.5. The van der Waals surface area contributed by atoms with Crippen LogP contribution in [0.15, 0.2) is 0 Å². The van der Waals surface area contributed by atoms with Crippen LogP contribution in [0.3, 0.4) is 0 Å². The van der Waals surface area contributed by atoms with E-state index >= 15 is 0 Å². The zero-order valence-corrected chi connectivity index (χ0v) is 15.6. The fourth-order valence-corrected chi connectivity index (χ4v) is 4.56. The van der Waals surface area contributed by atoms with Gasteiger partial charge in [-0.1, -0.05) is 19.3 Å². The molecule has 142 valence electrons. The lowest BCUT2D eigenvalue weighted by atomic mass is 9.90. The largest absolute Gasteiger partial charge is 0.384 e. The number of aromatic amines is 1. The molecule has 0 amide bonds. The lowest BCUT2D eigenvalue weighted by Crippen LogP contribution is -2.40. The molecule has 26 heavy (non-hydrogen) atoms. The van der Waals surface area contributed by atoms with E-state index < -0.39 is 0 Å². The third kappa shape index (κ3) is 3.38. The topological polar surface area (TPSA) is 109 Å². The Morgan fingerprint density at radius 3 is 2.81 bits per heavy atom. The molecule has 0 saturated heterocycles. The third-order valence-electron chi connectivity index (χ3n) is 5.97. The van der Waals surface area contributed by atoms with E-state index in [0.29, 0.717) is 5.82 Å². The highest BCUT2D eigenvalue weighted by atomic mass is 15.2. The standard InChI is InChI=1S/C19H31N7/c20-9-4-5-10-22-18-15-12-26(13-6-2-1-3-7-13)11-8-14(15)16-17(21)24-25-19(16)23-18/h13H,1-12,20H2,(H4,21,22,23,24,25). The average Bonchev–Trinajstić information content (AvgIpc) is 3.06. The van der Waals surface area contributed by atoms with E-state index in [0.717, 1.165) is 68.3 Å². The Morgan fingerprint density at radius 1 is 1.15 bits per heavy atom. The van der Waals surface area contributed by atoms with Crippen LogP contribution in [-0.4, -0.2) is 45.8 Å². The van der Waals surface area contributed by atoms with Crippen molar-refractivity contribution in [3.05, 3.63) is 11.1 Å². The third-order valence-corrected chi connectivity index (χ3v) is 5.97. The number of rotatable bonds is 6. The second-order valence-corrected chi connectivity index (χ2v) is 7.69. The maximum Gasteiger partial charge on any atom is 0.185 e. The number of nitrogens with one attached hydrogen (secondary N) is 2. The Morgan fingerprint density at radius 2 is 2.00 bits per heavy atom. The monoisotopic (exact) mass is 357 g/mol. The van der Waals surface area contributed by atoms with Gasteiger partial charge in [0.2, 0.25) is 0 Å². The van der Waals surface area contributed by atoms with Crippen molar-refractivity contribution >= 4 is 22.7 Å². The molecule has 0 unspecified atom stereocenters. The summed E-state index contributed by atoms with van der Waals surface area (Å²) >= 11 is 0. The average molecular weight is 358 g/mol. The number of unbranched alkanes of at least 4 members (excludes halogenated alkanes) is 1. The van der Waals surface area contributed by atoms with Crippen molar-refractivity contribution in [3.63, 3.8) is 0 Å². The summed E-state index contributed by atoms with van der Waals surface area (Å²) in [4.78, 5) is 7.46. The lowest BCUT2D eigenvalue weighted by molar-refractivity contribution is 0.142. The molecule has 0 atom stereocenters. The molecule has 1 aliphatic carbocycles. The number of hydrogen-bond donors (Lipinski definition) is 4. The fraction of sp³-hybridized carbons (Fsp3) is 0.684. The SMILES string of the molecule is NCCCCNc1nc2n[nH]c(N)c2c2c1CN(C1CCCCC1)CC2. The summed E-state index contributed by atoms with van der Waals surface area (Å²) in [5.74, 6) is 1.63. The van der Waals surface area contributed by atoms with Gasteiger partial charge in [-0.05, 0) is 44.2 Å². The van der Waals surface area contributed by atoms with E-state index in [9.17, 15) is 0 Å². The van der Waals surface area contributed by atoms with Crippen LogP contribution in [0.1, 0.15) is 56.1 Å². The maximum atomic E-state index is 6.16. The fourth-order valence-electron chi connectivity index (χ4n) is 4.56. The predicted molar refractivity (Wildman–Crippen MR) is 106 cm³/mol. The summed E-state index contributed by atoms with van der Waals surface area (Å²) in [5, 5.41) is 11.8. The van der Waals surface area contributed by atoms with E-state index in [-0.39, 0.29) is 0 Å². The number of nitrogens with two attached hydrogens (primary N) is 2. The molecule has 2 aromatic heterocycles. The minimum absolute atomic E-state index is 0.643. The smallest absolute Gasteiger partial charge is 0.185 e. The van der Waals surface area contributed by atoms with Crippen molar-refractivity contribution in [2.45, 2.75) is 64.0 Å². The van der Waals surface area contributed by atoms with Gasteiger partial charge in [0, 0.05) is 31.2 Å². The Bertz CT molecular complexity index is 748. The Labute approximate surface area is 154 Å². The summed E-state index contributed by atoms with van der Waals surface area (Å²) in [5.41, 5.74) is 15.2. The highest BCUT2D eigenvalue weighted by molar-refractivity contribution is 5.92. The molecule has 7 heteroatoms. The van der Waals surface area contributed by atoms with Crippen LogP contribution in [0.4, 0.5) is 11.6 Å². The molecule has 1 aliphatic heterocycles. The molecular formula is C19H31N7. The second kappa shape index (κ2) is 7.80. The first-order valence-electron chi connectivity index (χ1n) is 10.1. The zero-order valence-electron chi connectivity index (χ0n) is 15.6. The number of nitrogens with zero attached hydrogens (tertiary/aromatic N) is 3. The number of fused-ring (bicyclic) bond motifs is 3. The van der Waals surface area contributed by atoms with Gasteiger partial charge in [-0.15, -0.1) is 0 Å². The molecular weight excluding hydrogens is 326 g/mol. The van der Waals surface area contributed by atoms with Crippen molar-refractivity contribution in [1.29, 1.82) is 0 Å². The molecule has 0 aromatic carbocycles. The number of nitrogen functional groups attached to an aromatic ring is 1. The first-order chi connectivity index (χ1) is 12.8. The van der Waals surface area contributed by atoms with Crippen molar-refractivity contribution in [3.8, 4) is 0 Å². The van der Waals surface area contributed by atoms with Gasteiger partial charge in [0.1, 0.15) is 11.6 Å². The van der Waals surface area contributed by atoms with Gasteiger partial charge in [-0.3, -0.25) is 10.00 Å². The highest BCUT2D eigenvalue weighted by Gasteiger charge is 2.29. The predicted octanol–water partition coefficient (Wildman–Crippen LogP) is 2.38. The van der Waals surface area contributed by atoms with Crippen LogP contribution >= 0.6 is 0 Å². The van der Waals surface area contributed by atoms with Crippen molar-refractivity contribution in [1.82, 2.24) is 20.1 Å². The van der Waals surface area contributed by atoms with E-state index in [4.69, 9.17) is 16.5 Å². The van der Waals surface area contributed by atoms with Crippen molar-refractivity contribution in [2.24, 2.45) is 5.73 Å². The summed E-state index contributed by atoms with van der Waals surface area (Å²) in [6, 6.07) is 0.722. The van der Waals surface area contributed by atoms with Gasteiger partial charge in [0.25, 0.3) is 0 Å². The van der Waals surface area contributed by atoms with E-state index in [1.807, 2.05) is 0 Å². The molecule has 7 nitrogen and oxygen atoms in total. The van der Waals surface area contributed by atoms with E-state index in [1.165, 1.54) is 43.2 Å². The van der Waals surface area contributed by atoms with Crippen LogP contribution in [0.25, 0.3) is 11.0 Å². The Balaban J connectivity index is 1.63. The zero-order chi connectivity index (χ0) is 17.9. The van der Waals surface area contributed by atoms with Crippen LogP contribution in [-0.2, 0) is 13.0 Å². The number of hydrogen-bond acceptors (Lipinski definition) is 6. The highest BCUT2D eigenvalue weighted by Crippen LogP contribution is 2.35. The summed E-state index contributed by atoms with van der Waals surface area (Å²) in [7, 11) is 0. The Hall–Kier alpha value is -1.86. The van der Waals surface area contributed by atoms with Gasteiger partial charge in [-0.2, -0.15) is 5.10 Å². The molecule has 0 spiro atoms. The van der Waals surface area contributed by atoms with Crippen LogP contribution in [0.5, 0.6) is 0 Å². The molecule has 2 aromatic rings. The maximum absolute atomic E-state index is 6.16. The minimum atomic E-state index is 0.643. The molecule has 0 bridgehead atoms. The number of anilines is 2. The molecule has 2 aliphatic rings. The van der Waals surface area contributed by atoms with Gasteiger partial charge in [-0.25, -0.2) is 4.98 Å². The van der Waals surface area contributed by atoms with Gasteiger partial charge in [0.15, 0.2) is 5.65 Å². The minimum Gasteiger partial charge on any atom is -0.384 e. The Kier molecular flexibility index (Phi) is 5.26. The van der Waals surface area contributed by atoms with Gasteiger partial charge < -0.3 is 16.8 Å². The lowest BCUT2D eigenvalue weighted by Gasteiger charge is -2.38. The van der Waals surface area contributed by atoms with Crippen LogP contribution in [0.2, 0.25) is 0 Å². The number of pyridine rings is 1. The summed E-state index contributed by atoms with van der Waals surface area (Å²) < 4.78 is 0. The van der Waals surface area contributed by atoms with Gasteiger partial charge >= 0.3 is 0 Å². The first-order valence-corrected chi connectivity index (χ1v) is 10.1. The quantitative estimate of drug-likeness (QED) is 0.591. The number of aromatic nitrogens is 3. The molecule has 1 saturated carbocycles. The summed E-state index contributed by atoms with van der Waals surface area (Å²) in [6.45, 7) is 3.70. The van der Waals surface area contributed by atoms with Crippen molar-refractivity contribution < 1.29 is 0 Å². The molecule has 4 rings (SSSR count). The molecule has 0 radical (unpaired) electrons. The van der Waals surface area contributed by atoms with E-state index in [1.54, 1.807) is 0 Å². The van der Waals surface area contributed by atoms with Crippen LogP contribution < -0.4 is 16.8 Å². The normalized spacial score (nSPS) is 19.0. The summed E-state index contributed by atoms with van der Waals surface area (Å²) in [6.07, 6.45) is 9.89. The second-order valence-electron chi connectivity index (χ2n) is 7.69. The molecule has 1 fully saturated rings. The number of H-pyrrole nitrogens is 1. The van der Waals surface area contributed by atoms with E-state index in [2.05, 4.69) is 20.4 Å². The van der Waals surface area contributed by atoms with Crippen molar-refractivity contribution in [2.75, 3.05) is 30.7 Å². The van der Waals surface area contributed by atoms with Gasteiger partial charge in [0.05, 0.1) is 5.39 Å².